The van der Waals surface area contributed by atoms with Crippen molar-refractivity contribution in [1.29, 1.82) is 0 Å². The molecule has 0 radical (unpaired) electrons. The molecule has 1 aromatic rings. The van der Waals surface area contributed by atoms with E-state index < -0.39 is 0 Å². The molecular formula is C13H21BrN2O. The SMILES string of the molecule is CCCCCCNCCn1cccc(Br)c1=O. The van der Waals surface area contributed by atoms with Crippen LogP contribution in [0.5, 0.6) is 0 Å². The first-order valence-electron chi connectivity index (χ1n) is 6.31. The fourth-order valence-corrected chi connectivity index (χ4v) is 2.07. The van der Waals surface area contributed by atoms with Gasteiger partial charge in [0.25, 0.3) is 5.56 Å². The second-order valence-corrected chi connectivity index (χ2v) is 5.02. The van der Waals surface area contributed by atoms with Gasteiger partial charge < -0.3 is 9.88 Å². The predicted octanol–water partition coefficient (Wildman–Crippen LogP) is 2.78. The summed E-state index contributed by atoms with van der Waals surface area (Å²) in [5.74, 6) is 0. The lowest BCUT2D eigenvalue weighted by Crippen LogP contribution is -2.27. The summed E-state index contributed by atoms with van der Waals surface area (Å²) >= 11 is 3.24. The van der Waals surface area contributed by atoms with E-state index in [4.69, 9.17) is 0 Å². The summed E-state index contributed by atoms with van der Waals surface area (Å²) in [5, 5.41) is 3.36. The lowest BCUT2D eigenvalue weighted by molar-refractivity contribution is 0.553. The van der Waals surface area contributed by atoms with Crippen molar-refractivity contribution >= 4 is 15.9 Å². The first-order valence-corrected chi connectivity index (χ1v) is 7.10. The highest BCUT2D eigenvalue weighted by atomic mass is 79.9. The van der Waals surface area contributed by atoms with Crippen LogP contribution in [0.1, 0.15) is 32.6 Å². The van der Waals surface area contributed by atoms with E-state index in [1.165, 1.54) is 25.7 Å². The standard InChI is InChI=1S/C13H21BrN2O/c1-2-3-4-5-8-15-9-11-16-10-6-7-12(14)13(16)17/h6-7,10,15H,2-5,8-9,11H2,1H3. The number of rotatable bonds is 8. The molecule has 17 heavy (non-hydrogen) atoms. The van der Waals surface area contributed by atoms with Crippen LogP contribution >= 0.6 is 15.9 Å². The van der Waals surface area contributed by atoms with Gasteiger partial charge in [-0.2, -0.15) is 0 Å². The van der Waals surface area contributed by atoms with Crippen molar-refractivity contribution in [1.82, 2.24) is 9.88 Å². The highest BCUT2D eigenvalue weighted by Gasteiger charge is 1.98. The predicted molar refractivity (Wildman–Crippen MR) is 75.4 cm³/mol. The van der Waals surface area contributed by atoms with E-state index in [9.17, 15) is 4.79 Å². The Kier molecular flexibility index (Phi) is 7.21. The number of nitrogens with zero attached hydrogens (tertiary/aromatic N) is 1. The Morgan fingerprint density at radius 1 is 1.29 bits per heavy atom. The van der Waals surface area contributed by atoms with Gasteiger partial charge in [0.2, 0.25) is 0 Å². The number of hydrogen-bond donors (Lipinski definition) is 1. The summed E-state index contributed by atoms with van der Waals surface area (Å²) in [6.45, 7) is 4.84. The van der Waals surface area contributed by atoms with Gasteiger partial charge >= 0.3 is 0 Å². The van der Waals surface area contributed by atoms with Gasteiger partial charge in [0.05, 0.1) is 4.47 Å². The van der Waals surface area contributed by atoms with Crippen molar-refractivity contribution in [3.05, 3.63) is 33.2 Å². The van der Waals surface area contributed by atoms with Gasteiger partial charge in [-0.05, 0) is 41.0 Å². The molecule has 0 aliphatic carbocycles. The quantitative estimate of drug-likeness (QED) is 0.749. The van der Waals surface area contributed by atoms with Gasteiger partial charge in [-0.15, -0.1) is 0 Å². The zero-order chi connectivity index (χ0) is 12.5. The molecule has 0 spiro atoms. The minimum atomic E-state index is 0.0419. The van der Waals surface area contributed by atoms with Crippen LogP contribution in [0.2, 0.25) is 0 Å². The van der Waals surface area contributed by atoms with Crippen molar-refractivity contribution < 1.29 is 0 Å². The Bertz CT molecular complexity index is 376. The Balaban J connectivity index is 2.18. The fourth-order valence-electron chi connectivity index (χ4n) is 1.68. The zero-order valence-corrected chi connectivity index (χ0v) is 12.0. The van der Waals surface area contributed by atoms with E-state index in [-0.39, 0.29) is 5.56 Å². The highest BCUT2D eigenvalue weighted by Crippen LogP contribution is 2.00. The Labute approximate surface area is 111 Å². The molecule has 0 saturated carbocycles. The van der Waals surface area contributed by atoms with Crippen molar-refractivity contribution in [3.8, 4) is 0 Å². The van der Waals surface area contributed by atoms with Crippen molar-refractivity contribution in [2.75, 3.05) is 13.1 Å². The van der Waals surface area contributed by atoms with Gasteiger partial charge in [0.15, 0.2) is 0 Å². The lowest BCUT2D eigenvalue weighted by Gasteiger charge is -2.07. The molecule has 0 aromatic carbocycles. The first kappa shape index (κ1) is 14.5. The van der Waals surface area contributed by atoms with Crippen LogP contribution in [0.15, 0.2) is 27.6 Å². The van der Waals surface area contributed by atoms with E-state index in [1.54, 1.807) is 10.6 Å². The molecule has 0 aliphatic rings. The number of aromatic nitrogens is 1. The van der Waals surface area contributed by atoms with Crippen molar-refractivity contribution in [3.63, 3.8) is 0 Å². The fraction of sp³-hybridized carbons (Fsp3) is 0.615. The molecule has 1 aromatic heterocycles. The zero-order valence-electron chi connectivity index (χ0n) is 10.4. The van der Waals surface area contributed by atoms with Crippen LogP contribution in [0.25, 0.3) is 0 Å². The topological polar surface area (TPSA) is 34.0 Å². The second-order valence-electron chi connectivity index (χ2n) is 4.17. The average Bonchev–Trinajstić information content (AvgIpc) is 2.33. The molecule has 0 aliphatic heterocycles. The van der Waals surface area contributed by atoms with Gasteiger partial charge in [-0.3, -0.25) is 4.79 Å². The molecule has 1 rings (SSSR count). The van der Waals surface area contributed by atoms with Crippen LogP contribution in [0.4, 0.5) is 0 Å². The first-order chi connectivity index (χ1) is 8.25. The summed E-state index contributed by atoms with van der Waals surface area (Å²) in [7, 11) is 0. The summed E-state index contributed by atoms with van der Waals surface area (Å²) in [5.41, 5.74) is 0.0419. The van der Waals surface area contributed by atoms with Gasteiger partial charge in [0, 0.05) is 19.3 Å². The van der Waals surface area contributed by atoms with Gasteiger partial charge in [-0.1, -0.05) is 26.2 Å². The maximum atomic E-state index is 11.7. The van der Waals surface area contributed by atoms with Crippen LogP contribution in [0, 0.1) is 0 Å². The highest BCUT2D eigenvalue weighted by molar-refractivity contribution is 9.10. The summed E-state index contributed by atoms with van der Waals surface area (Å²) < 4.78 is 2.35. The second kappa shape index (κ2) is 8.48. The summed E-state index contributed by atoms with van der Waals surface area (Å²) in [6, 6.07) is 3.66. The molecule has 1 heterocycles. The number of pyridine rings is 1. The van der Waals surface area contributed by atoms with Crippen LogP contribution in [-0.4, -0.2) is 17.7 Å². The molecule has 3 nitrogen and oxygen atoms in total. The van der Waals surface area contributed by atoms with Crippen molar-refractivity contribution in [2.45, 2.75) is 39.2 Å². The van der Waals surface area contributed by atoms with E-state index in [0.29, 0.717) is 4.47 Å². The normalized spacial score (nSPS) is 10.7. The van der Waals surface area contributed by atoms with Crippen LogP contribution in [-0.2, 0) is 6.54 Å². The molecule has 0 saturated heterocycles. The van der Waals surface area contributed by atoms with Crippen molar-refractivity contribution in [2.24, 2.45) is 0 Å². The number of unbranched alkanes of at least 4 members (excludes halogenated alkanes) is 3. The molecule has 0 bridgehead atoms. The number of hydrogen-bond acceptors (Lipinski definition) is 2. The minimum Gasteiger partial charge on any atom is -0.315 e. The largest absolute Gasteiger partial charge is 0.315 e. The Hall–Kier alpha value is -0.610. The Morgan fingerprint density at radius 2 is 2.12 bits per heavy atom. The molecule has 0 amide bonds. The molecular weight excluding hydrogens is 280 g/mol. The number of halogens is 1. The third-order valence-corrected chi connectivity index (χ3v) is 3.31. The third-order valence-electron chi connectivity index (χ3n) is 2.71. The molecule has 0 atom stereocenters. The lowest BCUT2D eigenvalue weighted by atomic mass is 10.2. The van der Waals surface area contributed by atoms with E-state index in [1.807, 2.05) is 12.3 Å². The van der Waals surface area contributed by atoms with E-state index in [2.05, 4.69) is 28.2 Å². The average molecular weight is 301 g/mol. The molecule has 4 heteroatoms. The summed E-state index contributed by atoms with van der Waals surface area (Å²) in [4.78, 5) is 11.7. The molecule has 0 fully saturated rings. The minimum absolute atomic E-state index is 0.0419. The molecule has 96 valence electrons. The van der Waals surface area contributed by atoms with Gasteiger partial charge in [0.1, 0.15) is 0 Å². The van der Waals surface area contributed by atoms with Crippen LogP contribution in [0.3, 0.4) is 0 Å². The van der Waals surface area contributed by atoms with Crippen LogP contribution < -0.4 is 10.9 Å². The third kappa shape index (κ3) is 5.50. The number of nitrogens with one attached hydrogen (secondary N) is 1. The summed E-state index contributed by atoms with van der Waals surface area (Å²) in [6.07, 6.45) is 6.92. The molecule has 0 unspecified atom stereocenters. The van der Waals surface area contributed by atoms with E-state index >= 15 is 0 Å². The molecule has 1 N–H and O–H groups in total. The maximum absolute atomic E-state index is 11.7. The van der Waals surface area contributed by atoms with Gasteiger partial charge in [-0.25, -0.2) is 0 Å². The smallest absolute Gasteiger partial charge is 0.264 e. The maximum Gasteiger partial charge on any atom is 0.264 e. The monoisotopic (exact) mass is 300 g/mol. The van der Waals surface area contributed by atoms with E-state index in [0.717, 1.165) is 19.6 Å². The Morgan fingerprint density at radius 3 is 2.88 bits per heavy atom.